The van der Waals surface area contributed by atoms with Crippen molar-refractivity contribution in [3.63, 3.8) is 0 Å². The predicted octanol–water partition coefficient (Wildman–Crippen LogP) is -0.279. The first-order valence-electron chi connectivity index (χ1n) is 5.49. The number of aromatic nitrogens is 2. The molecule has 2 amide bonds. The molecule has 0 aliphatic rings. The number of hydrogen-bond donors (Lipinski definition) is 1. The van der Waals surface area contributed by atoms with Gasteiger partial charge in [0.15, 0.2) is 0 Å². The molecule has 0 radical (unpaired) electrons. The molecule has 2 rings (SSSR count). The van der Waals surface area contributed by atoms with E-state index in [1.54, 1.807) is 18.2 Å². The van der Waals surface area contributed by atoms with E-state index in [-0.39, 0.29) is 5.39 Å². The molecule has 1 aromatic heterocycles. The Hall–Kier alpha value is -2.70. The van der Waals surface area contributed by atoms with E-state index < -0.39 is 23.1 Å². The monoisotopic (exact) mass is 261 g/mol. The Morgan fingerprint density at radius 3 is 2.26 bits per heavy atom. The van der Waals surface area contributed by atoms with Crippen molar-refractivity contribution in [2.75, 3.05) is 5.01 Å². The molecule has 19 heavy (non-hydrogen) atoms. The Kier molecular flexibility index (Phi) is 3.04. The SMILES string of the molecule is CC(=O)N(C(C)=O)n1c(=O)[nH]c2ccccc2c1=O. The molecule has 0 bridgehead atoms. The third-order valence-corrected chi connectivity index (χ3v) is 2.58. The van der Waals surface area contributed by atoms with Crippen molar-refractivity contribution < 1.29 is 9.59 Å². The number of carbonyl (C=O) groups is 2. The van der Waals surface area contributed by atoms with Crippen LogP contribution in [0.4, 0.5) is 0 Å². The second-order valence-electron chi connectivity index (χ2n) is 3.94. The van der Waals surface area contributed by atoms with Crippen molar-refractivity contribution in [3.05, 3.63) is 45.1 Å². The highest BCUT2D eigenvalue weighted by Gasteiger charge is 2.21. The number of para-hydroxylation sites is 1. The van der Waals surface area contributed by atoms with Crippen LogP contribution >= 0.6 is 0 Å². The number of carbonyl (C=O) groups excluding carboxylic acids is 2. The van der Waals surface area contributed by atoms with Gasteiger partial charge in [0.25, 0.3) is 5.56 Å². The zero-order chi connectivity index (χ0) is 14.2. The second kappa shape index (κ2) is 4.52. The lowest BCUT2D eigenvalue weighted by Crippen LogP contribution is -2.54. The van der Waals surface area contributed by atoms with Gasteiger partial charge in [-0.05, 0) is 12.1 Å². The minimum atomic E-state index is -0.839. The van der Waals surface area contributed by atoms with Gasteiger partial charge in [-0.1, -0.05) is 12.1 Å². The quantitative estimate of drug-likeness (QED) is 0.764. The normalized spacial score (nSPS) is 10.4. The maximum absolute atomic E-state index is 12.2. The minimum Gasteiger partial charge on any atom is -0.305 e. The van der Waals surface area contributed by atoms with Crippen molar-refractivity contribution in [2.45, 2.75) is 13.8 Å². The molecule has 0 aliphatic carbocycles. The van der Waals surface area contributed by atoms with E-state index in [0.717, 1.165) is 13.8 Å². The Bertz CT molecular complexity index is 773. The van der Waals surface area contributed by atoms with Crippen LogP contribution in [0.25, 0.3) is 10.9 Å². The summed E-state index contributed by atoms with van der Waals surface area (Å²) in [6, 6.07) is 6.35. The molecule has 0 atom stereocenters. The molecule has 0 fully saturated rings. The van der Waals surface area contributed by atoms with E-state index in [2.05, 4.69) is 4.98 Å². The summed E-state index contributed by atoms with van der Waals surface area (Å²) in [6.45, 7) is 2.20. The summed E-state index contributed by atoms with van der Waals surface area (Å²) in [7, 11) is 0. The second-order valence-corrected chi connectivity index (χ2v) is 3.94. The van der Waals surface area contributed by atoms with E-state index in [0.29, 0.717) is 15.2 Å². The van der Waals surface area contributed by atoms with E-state index in [9.17, 15) is 19.2 Å². The van der Waals surface area contributed by atoms with Crippen molar-refractivity contribution in [1.29, 1.82) is 0 Å². The predicted molar refractivity (Wildman–Crippen MR) is 68.4 cm³/mol. The standard InChI is InChI=1S/C12H11N3O4/c1-7(16)14(8(2)17)15-11(18)9-5-3-4-6-10(9)13-12(15)19/h3-6H,1-2H3,(H,13,19). The van der Waals surface area contributed by atoms with Crippen molar-refractivity contribution in [3.8, 4) is 0 Å². The lowest BCUT2D eigenvalue weighted by atomic mass is 10.2. The molecule has 0 unspecified atom stereocenters. The summed E-state index contributed by atoms with van der Waals surface area (Å²) in [4.78, 5) is 49.4. The Morgan fingerprint density at radius 2 is 1.68 bits per heavy atom. The lowest BCUT2D eigenvalue weighted by Gasteiger charge is -2.18. The summed E-state index contributed by atoms with van der Waals surface area (Å²) in [6.07, 6.45) is 0. The first-order chi connectivity index (χ1) is 8.93. The van der Waals surface area contributed by atoms with Gasteiger partial charge in [-0.2, -0.15) is 9.69 Å². The van der Waals surface area contributed by atoms with E-state index >= 15 is 0 Å². The van der Waals surface area contributed by atoms with Gasteiger partial charge in [0.1, 0.15) is 0 Å². The third-order valence-electron chi connectivity index (χ3n) is 2.58. The smallest absolute Gasteiger partial charge is 0.305 e. The number of rotatable bonds is 1. The third kappa shape index (κ3) is 2.05. The van der Waals surface area contributed by atoms with Gasteiger partial charge in [0.2, 0.25) is 11.8 Å². The zero-order valence-corrected chi connectivity index (χ0v) is 10.3. The maximum atomic E-state index is 12.2. The summed E-state index contributed by atoms with van der Waals surface area (Å²) >= 11 is 0. The van der Waals surface area contributed by atoms with E-state index in [1.807, 2.05) is 0 Å². The van der Waals surface area contributed by atoms with E-state index in [4.69, 9.17) is 0 Å². The van der Waals surface area contributed by atoms with Crippen LogP contribution < -0.4 is 16.3 Å². The van der Waals surface area contributed by atoms with Gasteiger partial charge < -0.3 is 4.98 Å². The van der Waals surface area contributed by atoms with Gasteiger partial charge >= 0.3 is 5.69 Å². The van der Waals surface area contributed by atoms with E-state index in [1.165, 1.54) is 6.07 Å². The molecule has 7 heteroatoms. The number of fused-ring (bicyclic) bond motifs is 1. The molecule has 1 N–H and O–H groups in total. The summed E-state index contributed by atoms with van der Waals surface area (Å²) < 4.78 is 0.507. The molecule has 0 saturated heterocycles. The Morgan fingerprint density at radius 1 is 1.11 bits per heavy atom. The fourth-order valence-corrected chi connectivity index (χ4v) is 1.84. The molecule has 1 aromatic carbocycles. The average molecular weight is 261 g/mol. The molecule has 1 heterocycles. The van der Waals surface area contributed by atoms with Crippen LogP contribution in [0.2, 0.25) is 0 Å². The number of nitrogens with one attached hydrogen (secondary N) is 1. The molecular formula is C12H11N3O4. The highest BCUT2D eigenvalue weighted by molar-refractivity contribution is 6.06. The lowest BCUT2D eigenvalue weighted by molar-refractivity contribution is -0.126. The molecule has 0 spiro atoms. The zero-order valence-electron chi connectivity index (χ0n) is 10.3. The molecule has 0 saturated carbocycles. The molecule has 98 valence electrons. The molecule has 7 nitrogen and oxygen atoms in total. The number of imide groups is 1. The van der Waals surface area contributed by atoms with Gasteiger partial charge in [0, 0.05) is 13.8 Å². The van der Waals surface area contributed by atoms with Crippen LogP contribution in [0.1, 0.15) is 13.8 Å². The van der Waals surface area contributed by atoms with Crippen molar-refractivity contribution >= 4 is 22.7 Å². The Labute approximate surface area is 107 Å². The maximum Gasteiger partial charge on any atom is 0.348 e. The highest BCUT2D eigenvalue weighted by atomic mass is 16.2. The van der Waals surface area contributed by atoms with Crippen LogP contribution in [-0.2, 0) is 9.59 Å². The van der Waals surface area contributed by atoms with Gasteiger partial charge in [-0.15, -0.1) is 0 Å². The minimum absolute atomic E-state index is 0.217. The highest BCUT2D eigenvalue weighted by Crippen LogP contribution is 2.03. The first-order valence-corrected chi connectivity index (χ1v) is 5.49. The number of H-pyrrole nitrogens is 1. The topological polar surface area (TPSA) is 92.2 Å². The first kappa shape index (κ1) is 12.7. The fourth-order valence-electron chi connectivity index (χ4n) is 1.84. The molecular weight excluding hydrogens is 250 g/mol. The molecule has 2 aromatic rings. The fraction of sp³-hybridized carbons (Fsp3) is 0.167. The summed E-state index contributed by atoms with van der Waals surface area (Å²) in [5.74, 6) is -1.43. The average Bonchev–Trinajstić information content (AvgIpc) is 2.33. The van der Waals surface area contributed by atoms with Crippen molar-refractivity contribution in [1.82, 2.24) is 9.66 Å². The number of aromatic amines is 1. The van der Waals surface area contributed by atoms with Crippen LogP contribution in [0, 0.1) is 0 Å². The van der Waals surface area contributed by atoms with Crippen LogP contribution in [0.3, 0.4) is 0 Å². The van der Waals surface area contributed by atoms with Gasteiger partial charge in [0.05, 0.1) is 10.9 Å². The number of hydrogen-bond acceptors (Lipinski definition) is 4. The van der Waals surface area contributed by atoms with Crippen molar-refractivity contribution in [2.24, 2.45) is 0 Å². The number of benzene rings is 1. The number of nitrogens with zero attached hydrogens (tertiary/aromatic N) is 2. The number of amides is 2. The summed E-state index contributed by atoms with van der Waals surface area (Å²) in [5, 5.41) is 0.725. The largest absolute Gasteiger partial charge is 0.348 e. The van der Waals surface area contributed by atoms with Crippen LogP contribution in [0.15, 0.2) is 33.9 Å². The molecule has 0 aliphatic heterocycles. The Balaban J connectivity index is 2.88. The summed E-state index contributed by atoms with van der Waals surface area (Å²) in [5.41, 5.74) is -1.21. The van der Waals surface area contributed by atoms with Crippen LogP contribution in [0.5, 0.6) is 0 Å². The van der Waals surface area contributed by atoms with Crippen LogP contribution in [-0.4, -0.2) is 21.5 Å². The van der Waals surface area contributed by atoms with Gasteiger partial charge in [-0.25, -0.2) is 4.79 Å². The van der Waals surface area contributed by atoms with Gasteiger partial charge in [-0.3, -0.25) is 14.4 Å².